The van der Waals surface area contributed by atoms with E-state index in [0.29, 0.717) is 5.56 Å². The van der Waals surface area contributed by atoms with Gasteiger partial charge < -0.3 is 0 Å². The maximum absolute atomic E-state index is 11.9. The maximum Gasteiger partial charge on any atom is 0.269 e. The fourth-order valence-corrected chi connectivity index (χ4v) is 2.83. The Labute approximate surface area is 126 Å². The zero-order chi connectivity index (χ0) is 13.7. The van der Waals surface area contributed by atoms with Crippen molar-refractivity contribution in [1.82, 2.24) is 10.9 Å². The average molecular weight is 372 g/mol. The largest absolute Gasteiger partial charge is 0.273 e. The molecule has 102 valence electrons. The molecular formula is C14H17IN2O2. The van der Waals surface area contributed by atoms with Gasteiger partial charge in [-0.15, -0.1) is 0 Å². The number of hydrogen-bond acceptors (Lipinski definition) is 2. The third kappa shape index (κ3) is 4.19. The lowest BCUT2D eigenvalue weighted by atomic mass is 9.89. The van der Waals surface area contributed by atoms with Gasteiger partial charge >= 0.3 is 0 Å². The van der Waals surface area contributed by atoms with Crippen molar-refractivity contribution in [2.24, 2.45) is 5.92 Å². The number of hydrazine groups is 1. The van der Waals surface area contributed by atoms with Crippen molar-refractivity contribution < 1.29 is 9.59 Å². The standard InChI is InChI=1S/C14H17IN2O2/c15-12-8-4-7-11(9-12)14(19)17-16-13(18)10-5-2-1-3-6-10/h4,7-10H,1-3,5-6H2,(H,16,18)(H,17,19). The lowest BCUT2D eigenvalue weighted by Crippen LogP contribution is -2.44. The Hall–Kier alpha value is -1.11. The van der Waals surface area contributed by atoms with E-state index >= 15 is 0 Å². The lowest BCUT2D eigenvalue weighted by molar-refractivity contribution is -0.126. The van der Waals surface area contributed by atoms with Crippen molar-refractivity contribution in [2.75, 3.05) is 0 Å². The Balaban J connectivity index is 1.84. The van der Waals surface area contributed by atoms with Gasteiger partial charge in [-0.25, -0.2) is 0 Å². The summed E-state index contributed by atoms with van der Waals surface area (Å²) < 4.78 is 0.990. The van der Waals surface area contributed by atoms with Crippen molar-refractivity contribution in [3.8, 4) is 0 Å². The van der Waals surface area contributed by atoms with Gasteiger partial charge in [-0.1, -0.05) is 25.3 Å². The molecule has 0 radical (unpaired) electrons. The molecule has 1 saturated carbocycles. The summed E-state index contributed by atoms with van der Waals surface area (Å²) in [5.41, 5.74) is 5.56. The fourth-order valence-electron chi connectivity index (χ4n) is 2.29. The van der Waals surface area contributed by atoms with Gasteiger partial charge in [-0.2, -0.15) is 0 Å². The van der Waals surface area contributed by atoms with Crippen LogP contribution in [0.2, 0.25) is 0 Å². The van der Waals surface area contributed by atoms with Gasteiger partial charge in [0.1, 0.15) is 0 Å². The van der Waals surface area contributed by atoms with Gasteiger partial charge in [-0.3, -0.25) is 20.4 Å². The molecular weight excluding hydrogens is 355 g/mol. The minimum absolute atomic E-state index is 0.0463. The predicted molar refractivity (Wildman–Crippen MR) is 81.3 cm³/mol. The summed E-state index contributed by atoms with van der Waals surface area (Å²) in [5, 5.41) is 0. The molecule has 0 spiro atoms. The Morgan fingerprint density at radius 3 is 2.53 bits per heavy atom. The number of nitrogens with one attached hydrogen (secondary N) is 2. The second-order valence-electron chi connectivity index (χ2n) is 4.79. The van der Waals surface area contributed by atoms with Gasteiger partial charge in [0.2, 0.25) is 5.91 Å². The van der Waals surface area contributed by atoms with Gasteiger partial charge in [0, 0.05) is 15.1 Å². The Morgan fingerprint density at radius 1 is 1.11 bits per heavy atom. The van der Waals surface area contributed by atoms with Crippen molar-refractivity contribution >= 4 is 34.4 Å². The van der Waals surface area contributed by atoms with Crippen LogP contribution in [0.15, 0.2) is 24.3 Å². The summed E-state index contributed by atoms with van der Waals surface area (Å²) in [5.74, 6) is -0.300. The molecule has 2 N–H and O–H groups in total. The second kappa shape index (κ2) is 6.88. The van der Waals surface area contributed by atoms with Crippen molar-refractivity contribution in [1.29, 1.82) is 0 Å². The number of carbonyl (C=O) groups excluding carboxylic acids is 2. The number of halogens is 1. The SMILES string of the molecule is O=C(NNC(=O)C1CCCCC1)c1cccc(I)c1. The van der Waals surface area contributed by atoms with Crippen LogP contribution in [0.3, 0.4) is 0 Å². The van der Waals surface area contributed by atoms with Crippen molar-refractivity contribution in [2.45, 2.75) is 32.1 Å². The summed E-state index contributed by atoms with van der Waals surface area (Å²) in [6, 6.07) is 7.24. The van der Waals surface area contributed by atoms with E-state index in [1.54, 1.807) is 12.1 Å². The summed E-state index contributed by atoms with van der Waals surface area (Å²) in [6.07, 6.45) is 5.25. The van der Waals surface area contributed by atoms with E-state index in [1.165, 1.54) is 6.42 Å². The minimum atomic E-state index is -0.275. The molecule has 19 heavy (non-hydrogen) atoms. The number of carbonyl (C=O) groups is 2. The van der Waals surface area contributed by atoms with Crippen LogP contribution < -0.4 is 10.9 Å². The molecule has 2 rings (SSSR count). The van der Waals surface area contributed by atoms with Crippen LogP contribution in [0.1, 0.15) is 42.5 Å². The summed E-state index contributed by atoms with van der Waals surface area (Å²) in [4.78, 5) is 23.7. The van der Waals surface area contributed by atoms with E-state index in [4.69, 9.17) is 0 Å². The Kier molecular flexibility index (Phi) is 5.18. The highest BCUT2D eigenvalue weighted by molar-refractivity contribution is 14.1. The number of amides is 2. The van der Waals surface area contributed by atoms with Crippen LogP contribution in [-0.4, -0.2) is 11.8 Å². The van der Waals surface area contributed by atoms with Crippen LogP contribution in [0.5, 0.6) is 0 Å². The zero-order valence-electron chi connectivity index (χ0n) is 10.6. The smallest absolute Gasteiger partial charge is 0.269 e. The molecule has 0 unspecified atom stereocenters. The molecule has 5 heteroatoms. The first-order chi connectivity index (χ1) is 9.16. The third-order valence-electron chi connectivity index (χ3n) is 3.36. The first-order valence-corrected chi connectivity index (χ1v) is 7.60. The molecule has 1 aromatic carbocycles. The molecule has 0 atom stereocenters. The van der Waals surface area contributed by atoms with Crippen molar-refractivity contribution in [3.05, 3.63) is 33.4 Å². The molecule has 0 saturated heterocycles. The van der Waals surface area contributed by atoms with Gasteiger partial charge in [-0.05, 0) is 53.6 Å². The van der Waals surface area contributed by atoms with E-state index in [9.17, 15) is 9.59 Å². The highest BCUT2D eigenvalue weighted by atomic mass is 127. The molecule has 0 bridgehead atoms. The molecule has 0 heterocycles. The van der Waals surface area contributed by atoms with E-state index in [-0.39, 0.29) is 17.7 Å². The lowest BCUT2D eigenvalue weighted by Gasteiger charge is -2.20. The predicted octanol–water partition coefficient (Wildman–Crippen LogP) is 2.63. The van der Waals surface area contributed by atoms with Crippen LogP contribution in [0, 0.1) is 9.49 Å². The van der Waals surface area contributed by atoms with E-state index in [2.05, 4.69) is 33.4 Å². The Bertz CT molecular complexity index is 470. The summed E-state index contributed by atoms with van der Waals surface area (Å²) in [7, 11) is 0. The zero-order valence-corrected chi connectivity index (χ0v) is 12.8. The average Bonchev–Trinajstić information content (AvgIpc) is 2.45. The monoisotopic (exact) mass is 372 g/mol. The molecule has 2 amide bonds. The molecule has 1 aromatic rings. The van der Waals surface area contributed by atoms with Gasteiger partial charge in [0.05, 0.1) is 0 Å². The van der Waals surface area contributed by atoms with Gasteiger partial charge in [0.25, 0.3) is 5.91 Å². The first-order valence-electron chi connectivity index (χ1n) is 6.52. The van der Waals surface area contributed by atoms with Crippen LogP contribution >= 0.6 is 22.6 Å². The number of benzene rings is 1. The molecule has 0 aliphatic heterocycles. The highest BCUT2D eigenvalue weighted by Crippen LogP contribution is 2.23. The van der Waals surface area contributed by atoms with E-state index in [1.807, 2.05) is 12.1 Å². The molecule has 1 aliphatic rings. The number of hydrogen-bond donors (Lipinski definition) is 2. The minimum Gasteiger partial charge on any atom is -0.273 e. The first kappa shape index (κ1) is 14.3. The normalized spacial score (nSPS) is 15.8. The van der Waals surface area contributed by atoms with Gasteiger partial charge in [0.15, 0.2) is 0 Å². The van der Waals surface area contributed by atoms with Crippen molar-refractivity contribution in [3.63, 3.8) is 0 Å². The molecule has 1 fully saturated rings. The van der Waals surface area contributed by atoms with E-state index < -0.39 is 0 Å². The summed E-state index contributed by atoms with van der Waals surface area (Å²) >= 11 is 2.15. The molecule has 0 aromatic heterocycles. The molecule has 1 aliphatic carbocycles. The van der Waals surface area contributed by atoms with Crippen LogP contribution in [-0.2, 0) is 4.79 Å². The van der Waals surface area contributed by atoms with Crippen LogP contribution in [0.4, 0.5) is 0 Å². The Morgan fingerprint density at radius 2 is 1.84 bits per heavy atom. The second-order valence-corrected chi connectivity index (χ2v) is 6.03. The quantitative estimate of drug-likeness (QED) is 0.620. The molecule has 4 nitrogen and oxygen atoms in total. The fraction of sp³-hybridized carbons (Fsp3) is 0.429. The number of rotatable bonds is 2. The summed E-state index contributed by atoms with van der Waals surface area (Å²) in [6.45, 7) is 0. The maximum atomic E-state index is 11.9. The van der Waals surface area contributed by atoms with Crippen LogP contribution in [0.25, 0.3) is 0 Å². The highest BCUT2D eigenvalue weighted by Gasteiger charge is 2.21. The van der Waals surface area contributed by atoms with E-state index in [0.717, 1.165) is 29.3 Å². The topological polar surface area (TPSA) is 58.2 Å². The third-order valence-corrected chi connectivity index (χ3v) is 4.03.